The van der Waals surface area contributed by atoms with Gasteiger partial charge in [-0.3, -0.25) is 0 Å². The average Bonchev–Trinajstić information content (AvgIpc) is 1.82. The van der Waals surface area contributed by atoms with Gasteiger partial charge in [0.1, 0.15) is 5.40 Å². The Morgan fingerprint density at radius 1 is 1.67 bits per heavy atom. The highest BCUT2D eigenvalue weighted by Crippen LogP contribution is 2.24. The van der Waals surface area contributed by atoms with E-state index in [1.165, 1.54) is 0 Å². The van der Waals surface area contributed by atoms with Crippen molar-refractivity contribution in [1.82, 2.24) is 0 Å². The van der Waals surface area contributed by atoms with Gasteiger partial charge in [-0.25, -0.2) is 0 Å². The predicted octanol–water partition coefficient (Wildman–Crippen LogP) is 3.40. The van der Waals surface area contributed by atoms with E-state index in [1.54, 1.807) is 0 Å². The Balaban J connectivity index is 3.67. The molecule has 0 rings (SSSR count). The first kappa shape index (κ1) is 9.83. The van der Waals surface area contributed by atoms with Gasteiger partial charge in [0.2, 0.25) is 0 Å². The number of halogens is 3. The smallest absolute Gasteiger partial charge is 0.133 e. The van der Waals surface area contributed by atoms with Crippen molar-refractivity contribution in [2.45, 2.75) is 0 Å². The summed E-state index contributed by atoms with van der Waals surface area (Å²) in [5, 5.41) is 10.0. The molecule has 0 aliphatic rings. The molecule has 1 nitrogen and oxygen atoms in total. The molecule has 0 atom stereocenters. The zero-order chi connectivity index (χ0) is 7.28. The Hall–Kier alpha value is 0.830. The van der Waals surface area contributed by atoms with Gasteiger partial charge in [0.25, 0.3) is 0 Å². The molecule has 0 heterocycles. The van der Waals surface area contributed by atoms with E-state index < -0.39 is 0 Å². The number of hydrogen-bond donors (Lipinski definition) is 0. The van der Waals surface area contributed by atoms with Gasteiger partial charge in [0.15, 0.2) is 0 Å². The SMILES string of the molecule is N#CSC/C(Br)=C(/Cl)Br. The van der Waals surface area contributed by atoms with E-state index in [0.717, 1.165) is 16.2 Å². The van der Waals surface area contributed by atoms with E-state index in [9.17, 15) is 0 Å². The third-order valence-electron chi connectivity index (χ3n) is 0.469. The van der Waals surface area contributed by atoms with E-state index in [4.69, 9.17) is 16.9 Å². The van der Waals surface area contributed by atoms with Crippen LogP contribution in [-0.4, -0.2) is 5.75 Å². The molecule has 0 unspecified atom stereocenters. The number of thiocyanates is 1. The summed E-state index contributed by atoms with van der Waals surface area (Å²) in [6.07, 6.45) is 0. The second-order valence-corrected chi connectivity index (χ2v) is 4.39. The van der Waals surface area contributed by atoms with Crippen LogP contribution >= 0.6 is 55.2 Å². The Kier molecular flexibility index (Phi) is 6.12. The van der Waals surface area contributed by atoms with Crippen LogP contribution in [0.3, 0.4) is 0 Å². The summed E-state index contributed by atoms with van der Waals surface area (Å²) in [6.45, 7) is 0. The molecule has 0 radical (unpaired) electrons. The van der Waals surface area contributed by atoms with Crippen molar-refractivity contribution in [2.24, 2.45) is 0 Å². The van der Waals surface area contributed by atoms with Crippen LogP contribution in [0.15, 0.2) is 8.42 Å². The summed E-state index contributed by atoms with van der Waals surface area (Å²) >= 11 is 12.8. The van der Waals surface area contributed by atoms with E-state index in [0.29, 0.717) is 9.69 Å². The molecule has 0 amide bonds. The van der Waals surface area contributed by atoms with Gasteiger partial charge >= 0.3 is 0 Å². The number of nitriles is 1. The Labute approximate surface area is 79.7 Å². The topological polar surface area (TPSA) is 23.8 Å². The van der Waals surface area contributed by atoms with Crippen molar-refractivity contribution in [1.29, 1.82) is 5.26 Å². The summed E-state index contributed by atoms with van der Waals surface area (Å²) in [7, 11) is 0. The monoisotopic (exact) mass is 289 g/mol. The van der Waals surface area contributed by atoms with Gasteiger partial charge in [-0.05, 0) is 27.7 Å². The number of nitrogens with zero attached hydrogens (tertiary/aromatic N) is 1. The summed E-state index contributed by atoms with van der Waals surface area (Å²) in [5.41, 5.74) is 0. The number of thioether (sulfide) groups is 1. The van der Waals surface area contributed by atoms with Gasteiger partial charge in [-0.2, -0.15) is 5.26 Å². The maximum atomic E-state index is 8.11. The third kappa shape index (κ3) is 5.28. The fraction of sp³-hybridized carbons (Fsp3) is 0.250. The molecular weight excluding hydrogens is 289 g/mol. The van der Waals surface area contributed by atoms with Crippen LogP contribution in [0.4, 0.5) is 0 Å². The highest BCUT2D eigenvalue weighted by Gasteiger charge is 1.96. The van der Waals surface area contributed by atoms with Crippen molar-refractivity contribution in [3.05, 3.63) is 8.42 Å². The van der Waals surface area contributed by atoms with Crippen molar-refractivity contribution in [3.8, 4) is 5.40 Å². The van der Waals surface area contributed by atoms with Crippen molar-refractivity contribution in [2.75, 3.05) is 5.75 Å². The molecule has 9 heavy (non-hydrogen) atoms. The summed E-state index contributed by atoms with van der Waals surface area (Å²) in [6, 6.07) is 0. The molecule has 0 fully saturated rings. The van der Waals surface area contributed by atoms with Crippen LogP contribution < -0.4 is 0 Å². The molecule has 0 saturated heterocycles. The molecular formula is C4H2Br2ClNS. The van der Waals surface area contributed by atoms with Crippen molar-refractivity contribution in [3.63, 3.8) is 0 Å². The summed E-state index contributed by atoms with van der Waals surface area (Å²) in [5.74, 6) is 0.584. The van der Waals surface area contributed by atoms with Gasteiger partial charge in [0, 0.05) is 10.2 Å². The molecule has 50 valence electrons. The van der Waals surface area contributed by atoms with Crippen LogP contribution in [0, 0.1) is 10.7 Å². The molecule has 0 aliphatic carbocycles. The zero-order valence-electron chi connectivity index (χ0n) is 4.20. The first-order valence-corrected chi connectivity index (χ1v) is 4.84. The molecule has 0 aromatic heterocycles. The molecule has 0 N–H and O–H groups in total. The second kappa shape index (κ2) is 5.60. The van der Waals surface area contributed by atoms with Gasteiger partial charge < -0.3 is 0 Å². The molecule has 5 heteroatoms. The maximum Gasteiger partial charge on any atom is 0.133 e. The highest BCUT2D eigenvalue weighted by atomic mass is 79.9. The lowest BCUT2D eigenvalue weighted by Gasteiger charge is -1.90. The Bertz CT molecular complexity index is 158. The van der Waals surface area contributed by atoms with Gasteiger partial charge in [-0.15, -0.1) is 0 Å². The van der Waals surface area contributed by atoms with Gasteiger partial charge in [0.05, 0.1) is 3.94 Å². The fourth-order valence-electron chi connectivity index (χ4n) is 0.150. The summed E-state index contributed by atoms with van der Waals surface area (Å²) < 4.78 is 1.32. The van der Waals surface area contributed by atoms with Crippen molar-refractivity contribution < 1.29 is 0 Å². The standard InChI is InChI=1S/C4H2Br2ClNS/c5-3(4(6)7)1-9-2-8/h1H2/b4-3-. The van der Waals surface area contributed by atoms with Crippen molar-refractivity contribution >= 4 is 55.2 Å². The lowest BCUT2D eigenvalue weighted by Crippen LogP contribution is -1.73. The van der Waals surface area contributed by atoms with Crippen LogP contribution in [0.2, 0.25) is 0 Å². The normalized spacial score (nSPS) is 12.2. The minimum atomic E-state index is 0.519. The molecule has 0 spiro atoms. The minimum Gasteiger partial charge on any atom is -0.185 e. The maximum absolute atomic E-state index is 8.11. The number of rotatable bonds is 2. The largest absolute Gasteiger partial charge is 0.185 e. The Morgan fingerprint density at radius 2 is 2.22 bits per heavy atom. The molecule has 0 aromatic rings. The fourth-order valence-corrected chi connectivity index (χ4v) is 1.30. The molecule has 0 bridgehead atoms. The molecule has 0 aliphatic heterocycles. The Morgan fingerprint density at radius 3 is 2.56 bits per heavy atom. The first-order chi connectivity index (χ1) is 4.18. The molecule has 0 saturated carbocycles. The quantitative estimate of drug-likeness (QED) is 0.728. The lowest BCUT2D eigenvalue weighted by molar-refractivity contribution is 1.56. The van der Waals surface area contributed by atoms with E-state index >= 15 is 0 Å². The summed E-state index contributed by atoms with van der Waals surface area (Å²) in [4.78, 5) is 0. The average molecular weight is 291 g/mol. The minimum absolute atomic E-state index is 0.519. The second-order valence-electron chi connectivity index (χ2n) is 1.05. The lowest BCUT2D eigenvalue weighted by atomic mass is 10.8. The van der Waals surface area contributed by atoms with Crippen LogP contribution in [0.25, 0.3) is 0 Å². The first-order valence-electron chi connectivity index (χ1n) is 1.89. The van der Waals surface area contributed by atoms with E-state index in [2.05, 4.69) is 31.9 Å². The molecule has 0 aromatic carbocycles. The van der Waals surface area contributed by atoms with Crippen LogP contribution in [-0.2, 0) is 0 Å². The van der Waals surface area contributed by atoms with Crippen LogP contribution in [0.1, 0.15) is 0 Å². The highest BCUT2D eigenvalue weighted by molar-refractivity contribution is 9.14. The van der Waals surface area contributed by atoms with Crippen LogP contribution in [0.5, 0.6) is 0 Å². The zero-order valence-corrected chi connectivity index (χ0v) is 8.94. The van der Waals surface area contributed by atoms with E-state index in [1.807, 2.05) is 5.40 Å². The van der Waals surface area contributed by atoms with E-state index in [-0.39, 0.29) is 0 Å². The van der Waals surface area contributed by atoms with Gasteiger partial charge in [-0.1, -0.05) is 27.5 Å². The third-order valence-corrected chi connectivity index (χ3v) is 3.55. The number of hydrogen-bond acceptors (Lipinski definition) is 2. The predicted molar refractivity (Wildman–Crippen MR) is 48.8 cm³/mol.